The number of carbonyl (C=O) groups is 1. The molecule has 1 saturated heterocycles. The highest BCUT2D eigenvalue weighted by molar-refractivity contribution is 5.96. The van der Waals surface area contributed by atoms with Crippen LogP contribution in [0.15, 0.2) is 30.3 Å². The maximum Gasteiger partial charge on any atom is 0.255 e. The molecule has 1 fully saturated rings. The topological polar surface area (TPSA) is 65.4 Å². The van der Waals surface area contributed by atoms with Crippen LogP contribution in [0.4, 0.5) is 0 Å². The summed E-state index contributed by atoms with van der Waals surface area (Å²) in [6.07, 6.45) is 2.21. The van der Waals surface area contributed by atoms with Crippen molar-refractivity contribution in [1.82, 2.24) is 15.1 Å². The number of para-hydroxylation sites is 1. The average molecular weight is 371 g/mol. The van der Waals surface area contributed by atoms with Gasteiger partial charge >= 0.3 is 0 Å². The summed E-state index contributed by atoms with van der Waals surface area (Å²) in [5.74, 6) is 0.766. The number of benzene rings is 1. The molecule has 27 heavy (non-hydrogen) atoms. The summed E-state index contributed by atoms with van der Waals surface area (Å²) in [4.78, 5) is 12.6. The number of carbonyl (C=O) groups excluding carboxylic acids is 1. The molecule has 1 aliphatic rings. The summed E-state index contributed by atoms with van der Waals surface area (Å²) in [6.45, 7) is 8.78. The van der Waals surface area contributed by atoms with Crippen LogP contribution in [-0.4, -0.2) is 41.6 Å². The van der Waals surface area contributed by atoms with Crippen LogP contribution in [0, 0.1) is 19.8 Å². The van der Waals surface area contributed by atoms with E-state index >= 15 is 0 Å². The van der Waals surface area contributed by atoms with Gasteiger partial charge in [0.1, 0.15) is 12.4 Å². The number of ether oxygens (including phenoxy) is 2. The van der Waals surface area contributed by atoms with Gasteiger partial charge in [0.2, 0.25) is 0 Å². The molecule has 6 nitrogen and oxygen atoms in total. The average Bonchev–Trinajstić information content (AvgIpc) is 3.28. The van der Waals surface area contributed by atoms with Gasteiger partial charge in [0.05, 0.1) is 17.4 Å². The van der Waals surface area contributed by atoms with Crippen LogP contribution >= 0.6 is 0 Å². The number of nitrogens with zero attached hydrogens (tertiary/aromatic N) is 2. The number of aromatic nitrogens is 2. The van der Waals surface area contributed by atoms with Gasteiger partial charge in [0.15, 0.2) is 0 Å². The molecule has 0 unspecified atom stereocenters. The number of hydrogen-bond donors (Lipinski definition) is 1. The Bertz CT molecular complexity index is 766. The van der Waals surface area contributed by atoms with E-state index in [1.165, 1.54) is 0 Å². The van der Waals surface area contributed by atoms with Crippen molar-refractivity contribution < 1.29 is 14.3 Å². The highest BCUT2D eigenvalue weighted by Gasteiger charge is 2.18. The highest BCUT2D eigenvalue weighted by atomic mass is 16.5. The summed E-state index contributed by atoms with van der Waals surface area (Å²) in [5.41, 5.74) is 2.72. The van der Waals surface area contributed by atoms with Gasteiger partial charge in [-0.2, -0.15) is 5.10 Å². The fourth-order valence-corrected chi connectivity index (χ4v) is 3.32. The second-order valence-electron chi connectivity index (χ2n) is 7.37. The largest absolute Gasteiger partial charge is 0.490 e. The first kappa shape index (κ1) is 19.4. The van der Waals surface area contributed by atoms with Crippen molar-refractivity contribution in [2.45, 2.75) is 46.3 Å². The van der Waals surface area contributed by atoms with Crippen LogP contribution in [0.5, 0.6) is 5.75 Å². The SMILES string of the molecule is Cc1cc(C)n(C[C@@H](C)CNC(=O)c2ccccc2OC[C@@H]2CCCO2)n1. The summed E-state index contributed by atoms with van der Waals surface area (Å²) in [5, 5.41) is 7.51. The van der Waals surface area contributed by atoms with Crippen molar-refractivity contribution in [2.24, 2.45) is 5.92 Å². The Kier molecular flexibility index (Phi) is 6.50. The second-order valence-corrected chi connectivity index (χ2v) is 7.37. The highest BCUT2D eigenvalue weighted by Crippen LogP contribution is 2.20. The molecule has 2 atom stereocenters. The lowest BCUT2D eigenvalue weighted by Gasteiger charge is -2.16. The molecule has 1 aromatic carbocycles. The van der Waals surface area contributed by atoms with E-state index in [4.69, 9.17) is 9.47 Å². The summed E-state index contributed by atoms with van der Waals surface area (Å²) in [7, 11) is 0. The van der Waals surface area contributed by atoms with Gasteiger partial charge in [-0.25, -0.2) is 0 Å². The Labute approximate surface area is 160 Å². The van der Waals surface area contributed by atoms with E-state index in [0.717, 1.165) is 37.4 Å². The molecule has 1 amide bonds. The smallest absolute Gasteiger partial charge is 0.255 e. The zero-order chi connectivity index (χ0) is 19.2. The van der Waals surface area contributed by atoms with Crippen molar-refractivity contribution in [1.29, 1.82) is 0 Å². The number of hydrogen-bond acceptors (Lipinski definition) is 4. The van der Waals surface area contributed by atoms with E-state index in [-0.39, 0.29) is 17.9 Å². The van der Waals surface area contributed by atoms with E-state index < -0.39 is 0 Å². The zero-order valence-corrected chi connectivity index (χ0v) is 16.4. The minimum absolute atomic E-state index is 0.113. The Morgan fingerprint density at radius 1 is 1.41 bits per heavy atom. The number of amides is 1. The van der Waals surface area contributed by atoms with Gasteiger partial charge in [0, 0.05) is 25.4 Å². The Morgan fingerprint density at radius 2 is 2.22 bits per heavy atom. The van der Waals surface area contributed by atoms with Crippen molar-refractivity contribution in [3.8, 4) is 5.75 Å². The summed E-state index contributed by atoms with van der Waals surface area (Å²) >= 11 is 0. The van der Waals surface area contributed by atoms with Crippen LogP contribution in [0.2, 0.25) is 0 Å². The molecule has 0 aliphatic carbocycles. The Hall–Kier alpha value is -2.34. The van der Waals surface area contributed by atoms with E-state index in [9.17, 15) is 4.79 Å². The molecule has 1 aromatic heterocycles. The van der Waals surface area contributed by atoms with E-state index in [2.05, 4.69) is 23.4 Å². The van der Waals surface area contributed by atoms with Crippen LogP contribution in [0.3, 0.4) is 0 Å². The first-order chi connectivity index (χ1) is 13.0. The standard InChI is InChI=1S/C21H29N3O3/c1-15(13-24-17(3)11-16(2)23-24)12-22-21(25)19-8-4-5-9-20(19)27-14-18-7-6-10-26-18/h4-5,8-9,11,15,18H,6-7,10,12-14H2,1-3H3,(H,22,25)/t15-,18-/m0/s1. The molecule has 6 heteroatoms. The molecular formula is C21H29N3O3. The third-order valence-electron chi connectivity index (χ3n) is 4.78. The van der Waals surface area contributed by atoms with Crippen LogP contribution in [0.25, 0.3) is 0 Å². The van der Waals surface area contributed by atoms with Crippen molar-refractivity contribution in [2.75, 3.05) is 19.8 Å². The van der Waals surface area contributed by atoms with Gasteiger partial charge < -0.3 is 14.8 Å². The summed E-state index contributed by atoms with van der Waals surface area (Å²) < 4.78 is 13.4. The van der Waals surface area contributed by atoms with Crippen molar-refractivity contribution >= 4 is 5.91 Å². The molecule has 0 radical (unpaired) electrons. The minimum Gasteiger partial charge on any atom is -0.490 e. The quantitative estimate of drug-likeness (QED) is 0.774. The van der Waals surface area contributed by atoms with Gasteiger partial charge in [-0.15, -0.1) is 0 Å². The third kappa shape index (κ3) is 5.32. The van der Waals surface area contributed by atoms with E-state index in [1.54, 1.807) is 6.07 Å². The fourth-order valence-electron chi connectivity index (χ4n) is 3.32. The Morgan fingerprint density at radius 3 is 2.93 bits per heavy atom. The molecule has 1 aliphatic heterocycles. The van der Waals surface area contributed by atoms with Gasteiger partial charge in [-0.05, 0) is 50.8 Å². The molecular weight excluding hydrogens is 342 g/mol. The molecule has 2 heterocycles. The molecule has 1 N–H and O–H groups in total. The van der Waals surface area contributed by atoms with Gasteiger partial charge in [0.25, 0.3) is 5.91 Å². The predicted molar refractivity (Wildman–Crippen MR) is 104 cm³/mol. The first-order valence-corrected chi connectivity index (χ1v) is 9.65. The zero-order valence-electron chi connectivity index (χ0n) is 16.4. The summed E-state index contributed by atoms with van der Waals surface area (Å²) in [6, 6.07) is 9.43. The third-order valence-corrected chi connectivity index (χ3v) is 4.78. The molecule has 0 bridgehead atoms. The fraction of sp³-hybridized carbons (Fsp3) is 0.524. The maximum atomic E-state index is 12.6. The molecule has 0 saturated carbocycles. The number of nitrogens with one attached hydrogen (secondary N) is 1. The van der Waals surface area contributed by atoms with E-state index in [1.807, 2.05) is 36.7 Å². The van der Waals surface area contributed by atoms with Crippen LogP contribution < -0.4 is 10.1 Å². The Balaban J connectivity index is 1.53. The van der Waals surface area contributed by atoms with Crippen molar-refractivity contribution in [3.63, 3.8) is 0 Å². The monoisotopic (exact) mass is 371 g/mol. The predicted octanol–water partition coefficient (Wildman–Crippen LogP) is 3.12. The van der Waals surface area contributed by atoms with Crippen molar-refractivity contribution in [3.05, 3.63) is 47.3 Å². The minimum atomic E-state index is -0.113. The van der Waals surface area contributed by atoms with Crippen LogP contribution in [0.1, 0.15) is 41.5 Å². The van der Waals surface area contributed by atoms with Crippen LogP contribution in [-0.2, 0) is 11.3 Å². The van der Waals surface area contributed by atoms with Gasteiger partial charge in [-0.3, -0.25) is 9.48 Å². The molecule has 2 aromatic rings. The molecule has 0 spiro atoms. The van der Waals surface area contributed by atoms with E-state index in [0.29, 0.717) is 24.5 Å². The molecule has 3 rings (SSSR count). The number of aryl methyl sites for hydroxylation is 2. The lowest BCUT2D eigenvalue weighted by molar-refractivity contribution is 0.0670. The lowest BCUT2D eigenvalue weighted by atomic mass is 10.1. The number of rotatable bonds is 8. The molecule has 146 valence electrons. The first-order valence-electron chi connectivity index (χ1n) is 9.65. The lowest BCUT2D eigenvalue weighted by Crippen LogP contribution is -2.31. The second kappa shape index (κ2) is 9.04. The maximum absolute atomic E-state index is 12.6. The van der Waals surface area contributed by atoms with Gasteiger partial charge in [-0.1, -0.05) is 19.1 Å². The normalized spacial score (nSPS) is 17.7.